The lowest BCUT2D eigenvalue weighted by Crippen LogP contribution is -2.23. The lowest BCUT2D eigenvalue weighted by atomic mass is 10.2. The third-order valence-corrected chi connectivity index (χ3v) is 3.71. The molecule has 0 unspecified atom stereocenters. The summed E-state index contributed by atoms with van der Waals surface area (Å²) in [6.07, 6.45) is 5.14. The van der Waals surface area contributed by atoms with Gasteiger partial charge in [0.05, 0.1) is 11.2 Å². The Morgan fingerprint density at radius 3 is 2.78 bits per heavy atom. The molecule has 0 atom stereocenters. The zero-order chi connectivity index (χ0) is 16.1. The maximum absolute atomic E-state index is 12.0. The van der Waals surface area contributed by atoms with Crippen LogP contribution in [0, 0.1) is 0 Å². The van der Waals surface area contributed by atoms with E-state index >= 15 is 0 Å². The fourth-order valence-corrected chi connectivity index (χ4v) is 2.60. The molecule has 0 saturated heterocycles. The van der Waals surface area contributed by atoms with Gasteiger partial charge in [-0.05, 0) is 35.9 Å². The number of urea groups is 1. The second-order valence-electron chi connectivity index (χ2n) is 4.87. The number of hydrogen-bond donors (Lipinski definition) is 2. The number of amides is 2. The molecule has 2 amide bonds. The van der Waals surface area contributed by atoms with Crippen LogP contribution in [0.5, 0.6) is 0 Å². The van der Waals surface area contributed by atoms with Gasteiger partial charge in [-0.3, -0.25) is 4.98 Å². The van der Waals surface area contributed by atoms with Crippen LogP contribution in [-0.4, -0.2) is 11.0 Å². The van der Waals surface area contributed by atoms with Crippen molar-refractivity contribution in [2.75, 3.05) is 5.32 Å². The van der Waals surface area contributed by atoms with Crippen molar-refractivity contribution in [2.24, 2.45) is 0 Å². The molecule has 0 spiro atoms. The molecular weight excluding hydrogens is 354 g/mol. The summed E-state index contributed by atoms with van der Waals surface area (Å²) in [5.41, 5.74) is 2.43. The Labute approximate surface area is 142 Å². The molecule has 4 nitrogen and oxygen atoms in total. The second kappa shape index (κ2) is 7.07. The Balaban J connectivity index is 1.67. The quantitative estimate of drug-likeness (QED) is 0.699. The lowest BCUT2D eigenvalue weighted by molar-refractivity contribution is 0.255. The highest BCUT2D eigenvalue weighted by Gasteiger charge is 2.04. The van der Waals surface area contributed by atoms with Gasteiger partial charge in [0, 0.05) is 22.3 Å². The van der Waals surface area contributed by atoms with Gasteiger partial charge in [-0.2, -0.15) is 0 Å². The average Bonchev–Trinajstić information content (AvgIpc) is 2.55. The van der Waals surface area contributed by atoms with Crippen molar-refractivity contribution in [1.82, 2.24) is 10.3 Å². The molecule has 0 aliphatic carbocycles. The molecule has 1 aromatic heterocycles. The fourth-order valence-electron chi connectivity index (χ4n) is 2.19. The standard InChI is InChI=1S/C18H14BrN3O/c19-15-7-1-4-13(12-15)9-11-21-18(23)22-16-8-2-5-14-6-3-10-20-17(14)16/h1-12H,(H2,21,22,23)/b11-9+. The van der Waals surface area contributed by atoms with E-state index < -0.39 is 0 Å². The summed E-state index contributed by atoms with van der Waals surface area (Å²) in [6.45, 7) is 0. The van der Waals surface area contributed by atoms with E-state index in [1.54, 1.807) is 12.4 Å². The number of rotatable bonds is 3. The smallest absolute Gasteiger partial charge is 0.314 e. The molecule has 2 aromatic carbocycles. The number of carbonyl (C=O) groups excluding carboxylic acids is 1. The molecule has 114 valence electrons. The number of carbonyl (C=O) groups is 1. The van der Waals surface area contributed by atoms with E-state index in [2.05, 4.69) is 31.5 Å². The second-order valence-corrected chi connectivity index (χ2v) is 5.78. The molecule has 0 saturated carbocycles. The van der Waals surface area contributed by atoms with Crippen LogP contribution in [0.2, 0.25) is 0 Å². The molecule has 0 bridgehead atoms. The molecule has 2 N–H and O–H groups in total. The monoisotopic (exact) mass is 367 g/mol. The van der Waals surface area contributed by atoms with E-state index in [1.165, 1.54) is 0 Å². The summed E-state index contributed by atoms with van der Waals surface area (Å²) < 4.78 is 0.992. The predicted molar refractivity (Wildman–Crippen MR) is 97.1 cm³/mol. The van der Waals surface area contributed by atoms with Crippen LogP contribution >= 0.6 is 15.9 Å². The molecule has 5 heteroatoms. The Hall–Kier alpha value is -2.66. The zero-order valence-corrected chi connectivity index (χ0v) is 13.7. The topological polar surface area (TPSA) is 54.0 Å². The van der Waals surface area contributed by atoms with Gasteiger partial charge < -0.3 is 10.6 Å². The molecule has 0 radical (unpaired) electrons. The molecule has 1 heterocycles. The van der Waals surface area contributed by atoms with Crippen LogP contribution in [0.1, 0.15) is 5.56 Å². The van der Waals surface area contributed by atoms with Gasteiger partial charge in [-0.1, -0.05) is 46.3 Å². The summed E-state index contributed by atoms with van der Waals surface area (Å²) in [6, 6.07) is 17.0. The summed E-state index contributed by atoms with van der Waals surface area (Å²) in [4.78, 5) is 16.3. The van der Waals surface area contributed by atoms with Crippen molar-refractivity contribution in [3.05, 3.63) is 77.0 Å². The minimum absolute atomic E-state index is 0.311. The maximum atomic E-state index is 12.0. The normalized spacial score (nSPS) is 10.8. The number of hydrogen-bond acceptors (Lipinski definition) is 2. The molecule has 0 aliphatic heterocycles. The van der Waals surface area contributed by atoms with Crippen molar-refractivity contribution >= 4 is 44.6 Å². The number of fused-ring (bicyclic) bond motifs is 1. The van der Waals surface area contributed by atoms with E-state index in [0.717, 1.165) is 20.9 Å². The average molecular weight is 368 g/mol. The highest BCUT2D eigenvalue weighted by atomic mass is 79.9. The first-order chi connectivity index (χ1) is 11.2. The third-order valence-electron chi connectivity index (χ3n) is 3.22. The van der Waals surface area contributed by atoms with E-state index in [4.69, 9.17) is 0 Å². The van der Waals surface area contributed by atoms with Crippen LogP contribution in [0.3, 0.4) is 0 Å². The van der Waals surface area contributed by atoms with Gasteiger partial charge >= 0.3 is 6.03 Å². The molecule has 0 aliphatic rings. The first-order valence-corrected chi connectivity index (χ1v) is 7.85. The van der Waals surface area contributed by atoms with E-state index in [9.17, 15) is 4.79 Å². The Kier molecular flexibility index (Phi) is 4.68. The van der Waals surface area contributed by atoms with Crippen LogP contribution in [0.15, 0.2) is 71.5 Å². The first kappa shape index (κ1) is 15.2. The largest absolute Gasteiger partial charge is 0.323 e. The lowest BCUT2D eigenvalue weighted by Gasteiger charge is -2.07. The van der Waals surface area contributed by atoms with Gasteiger partial charge in [0.15, 0.2) is 0 Å². The number of nitrogens with one attached hydrogen (secondary N) is 2. The van der Waals surface area contributed by atoms with E-state index in [-0.39, 0.29) is 6.03 Å². The van der Waals surface area contributed by atoms with Gasteiger partial charge in [0.25, 0.3) is 0 Å². The highest BCUT2D eigenvalue weighted by Crippen LogP contribution is 2.20. The summed E-state index contributed by atoms with van der Waals surface area (Å²) in [7, 11) is 0. The minimum atomic E-state index is -0.311. The Bertz CT molecular complexity index is 872. The van der Waals surface area contributed by atoms with Crippen molar-refractivity contribution < 1.29 is 4.79 Å². The molecule has 23 heavy (non-hydrogen) atoms. The van der Waals surface area contributed by atoms with Crippen molar-refractivity contribution in [1.29, 1.82) is 0 Å². The number of halogens is 1. The van der Waals surface area contributed by atoms with Gasteiger partial charge in [0.2, 0.25) is 0 Å². The van der Waals surface area contributed by atoms with Crippen molar-refractivity contribution in [3.63, 3.8) is 0 Å². The number of benzene rings is 2. The van der Waals surface area contributed by atoms with Gasteiger partial charge in [0.1, 0.15) is 0 Å². The van der Waals surface area contributed by atoms with Crippen LogP contribution in [-0.2, 0) is 0 Å². The van der Waals surface area contributed by atoms with Gasteiger partial charge in [-0.25, -0.2) is 4.79 Å². The van der Waals surface area contributed by atoms with Crippen LogP contribution < -0.4 is 10.6 Å². The summed E-state index contributed by atoms with van der Waals surface area (Å²) in [5.74, 6) is 0. The number of aromatic nitrogens is 1. The van der Waals surface area contributed by atoms with Crippen LogP contribution in [0.25, 0.3) is 17.0 Å². The Morgan fingerprint density at radius 2 is 1.91 bits per heavy atom. The molecule has 3 aromatic rings. The molecule has 3 rings (SSSR count). The third kappa shape index (κ3) is 3.96. The predicted octanol–water partition coefficient (Wildman–Crippen LogP) is 4.79. The SMILES string of the molecule is O=C(N/C=C/c1cccc(Br)c1)Nc1cccc2cccnc12. The van der Waals surface area contributed by atoms with Gasteiger partial charge in [-0.15, -0.1) is 0 Å². The van der Waals surface area contributed by atoms with Crippen molar-refractivity contribution in [2.45, 2.75) is 0 Å². The highest BCUT2D eigenvalue weighted by molar-refractivity contribution is 9.10. The maximum Gasteiger partial charge on any atom is 0.323 e. The van der Waals surface area contributed by atoms with Crippen LogP contribution in [0.4, 0.5) is 10.5 Å². The van der Waals surface area contributed by atoms with E-state index in [1.807, 2.05) is 60.7 Å². The summed E-state index contributed by atoms with van der Waals surface area (Å²) in [5, 5.41) is 6.48. The molecule has 0 fully saturated rings. The molecular formula is C18H14BrN3O. The number of para-hydroxylation sites is 1. The zero-order valence-electron chi connectivity index (χ0n) is 12.2. The first-order valence-electron chi connectivity index (χ1n) is 7.06. The number of anilines is 1. The number of nitrogens with zero attached hydrogens (tertiary/aromatic N) is 1. The van der Waals surface area contributed by atoms with E-state index in [0.29, 0.717) is 5.69 Å². The fraction of sp³-hybridized carbons (Fsp3) is 0. The Morgan fingerprint density at radius 1 is 1.09 bits per heavy atom. The number of pyridine rings is 1. The van der Waals surface area contributed by atoms with Crippen molar-refractivity contribution in [3.8, 4) is 0 Å². The minimum Gasteiger partial charge on any atom is -0.314 e. The summed E-state index contributed by atoms with van der Waals surface area (Å²) >= 11 is 3.41.